The van der Waals surface area contributed by atoms with Gasteiger partial charge >= 0.3 is 0 Å². The molecule has 1 rings (SSSR count). The third kappa shape index (κ3) is 2.92. The summed E-state index contributed by atoms with van der Waals surface area (Å²) in [7, 11) is 0. The van der Waals surface area contributed by atoms with E-state index in [4.69, 9.17) is 17.3 Å². The molecule has 1 atom stereocenters. The summed E-state index contributed by atoms with van der Waals surface area (Å²) in [5.41, 5.74) is 0. The molecule has 1 unspecified atom stereocenters. The van der Waals surface area contributed by atoms with E-state index in [1.54, 1.807) is 6.92 Å². The standard InChI is InChI=1S/C9H17N3OS/c1-3-6-12-8(5-4-7(2)13)10-11-9(12)14/h7,13H,3-6H2,1-2H3,(H,11,14). The first-order valence-electron chi connectivity index (χ1n) is 4.97. The van der Waals surface area contributed by atoms with Gasteiger partial charge in [0.15, 0.2) is 4.77 Å². The minimum atomic E-state index is -0.282. The molecule has 0 spiro atoms. The summed E-state index contributed by atoms with van der Waals surface area (Å²) in [6.45, 7) is 4.78. The first-order chi connectivity index (χ1) is 6.65. The lowest BCUT2D eigenvalue weighted by atomic mass is 10.2. The Morgan fingerprint density at radius 2 is 2.36 bits per heavy atom. The van der Waals surface area contributed by atoms with Crippen LogP contribution in [0.1, 0.15) is 32.5 Å². The Bertz CT molecular complexity index is 329. The van der Waals surface area contributed by atoms with Gasteiger partial charge in [-0.2, -0.15) is 5.10 Å². The second-order valence-corrected chi connectivity index (χ2v) is 3.87. The van der Waals surface area contributed by atoms with Crippen molar-refractivity contribution in [1.29, 1.82) is 0 Å². The Morgan fingerprint density at radius 1 is 1.64 bits per heavy atom. The first kappa shape index (κ1) is 11.4. The fraction of sp³-hybridized carbons (Fsp3) is 0.778. The van der Waals surface area contributed by atoms with Crippen LogP contribution in [-0.4, -0.2) is 26.0 Å². The molecule has 0 aliphatic carbocycles. The van der Waals surface area contributed by atoms with Gasteiger partial charge < -0.3 is 9.67 Å². The lowest BCUT2D eigenvalue weighted by molar-refractivity contribution is 0.183. The van der Waals surface area contributed by atoms with Crippen molar-refractivity contribution in [1.82, 2.24) is 14.8 Å². The van der Waals surface area contributed by atoms with E-state index in [2.05, 4.69) is 17.1 Å². The highest BCUT2D eigenvalue weighted by Gasteiger charge is 2.06. The molecule has 0 aromatic carbocycles. The number of aliphatic hydroxyl groups excluding tert-OH is 1. The number of hydrogen-bond acceptors (Lipinski definition) is 3. The smallest absolute Gasteiger partial charge is 0.195 e. The van der Waals surface area contributed by atoms with Gasteiger partial charge in [-0.15, -0.1) is 0 Å². The van der Waals surface area contributed by atoms with Crippen LogP contribution in [0.5, 0.6) is 0 Å². The number of aromatic amines is 1. The number of aryl methyl sites for hydroxylation is 1. The van der Waals surface area contributed by atoms with Gasteiger partial charge in [0.2, 0.25) is 0 Å². The second kappa shape index (κ2) is 5.26. The minimum absolute atomic E-state index is 0.282. The van der Waals surface area contributed by atoms with E-state index < -0.39 is 0 Å². The number of aromatic nitrogens is 3. The molecular weight excluding hydrogens is 198 g/mol. The van der Waals surface area contributed by atoms with E-state index in [1.165, 1.54) is 0 Å². The molecule has 0 aliphatic heterocycles. The first-order valence-corrected chi connectivity index (χ1v) is 5.38. The van der Waals surface area contributed by atoms with Crippen molar-refractivity contribution in [2.45, 2.75) is 45.8 Å². The zero-order valence-corrected chi connectivity index (χ0v) is 9.47. The predicted octanol–water partition coefficient (Wildman–Crippen LogP) is 1.66. The molecule has 0 bridgehead atoms. The summed E-state index contributed by atoms with van der Waals surface area (Å²) >= 11 is 5.10. The van der Waals surface area contributed by atoms with Crippen LogP contribution in [0, 0.1) is 4.77 Å². The van der Waals surface area contributed by atoms with Gasteiger partial charge in [-0.05, 0) is 32.0 Å². The molecule has 2 N–H and O–H groups in total. The number of nitrogens with zero attached hydrogens (tertiary/aromatic N) is 2. The van der Waals surface area contributed by atoms with Crippen LogP contribution in [0.4, 0.5) is 0 Å². The Hall–Kier alpha value is -0.680. The van der Waals surface area contributed by atoms with Crippen molar-refractivity contribution in [3.05, 3.63) is 10.6 Å². The molecule has 0 amide bonds. The zero-order chi connectivity index (χ0) is 10.6. The summed E-state index contributed by atoms with van der Waals surface area (Å²) in [5.74, 6) is 0.942. The van der Waals surface area contributed by atoms with E-state index in [1.807, 2.05) is 4.57 Å². The fourth-order valence-corrected chi connectivity index (χ4v) is 1.58. The van der Waals surface area contributed by atoms with Crippen LogP contribution < -0.4 is 0 Å². The maximum atomic E-state index is 9.17. The van der Waals surface area contributed by atoms with E-state index >= 15 is 0 Å². The van der Waals surface area contributed by atoms with Crippen molar-refractivity contribution in [3.8, 4) is 0 Å². The Balaban J connectivity index is 2.70. The molecule has 4 nitrogen and oxygen atoms in total. The predicted molar refractivity (Wildman–Crippen MR) is 57.7 cm³/mol. The maximum Gasteiger partial charge on any atom is 0.195 e. The molecule has 0 saturated heterocycles. The molecule has 0 fully saturated rings. The third-order valence-corrected chi connectivity index (χ3v) is 2.38. The summed E-state index contributed by atoms with van der Waals surface area (Å²) in [5, 5.41) is 16.1. The van der Waals surface area contributed by atoms with E-state index in [0.29, 0.717) is 4.77 Å². The van der Waals surface area contributed by atoms with E-state index in [-0.39, 0.29) is 6.10 Å². The van der Waals surface area contributed by atoms with Crippen LogP contribution in [0.2, 0.25) is 0 Å². The lowest BCUT2D eigenvalue weighted by Crippen LogP contribution is -2.08. The van der Waals surface area contributed by atoms with Crippen molar-refractivity contribution in [2.24, 2.45) is 0 Å². The molecule has 1 aromatic heterocycles. The Kier molecular flexibility index (Phi) is 4.28. The molecule has 0 radical (unpaired) electrons. The highest BCUT2D eigenvalue weighted by Crippen LogP contribution is 2.04. The van der Waals surface area contributed by atoms with Gasteiger partial charge in [-0.25, -0.2) is 0 Å². The van der Waals surface area contributed by atoms with Crippen LogP contribution in [-0.2, 0) is 13.0 Å². The summed E-state index contributed by atoms with van der Waals surface area (Å²) < 4.78 is 2.67. The molecule has 1 heterocycles. The van der Waals surface area contributed by atoms with Gasteiger partial charge in [-0.1, -0.05) is 6.92 Å². The number of hydrogen-bond donors (Lipinski definition) is 2. The largest absolute Gasteiger partial charge is 0.393 e. The zero-order valence-electron chi connectivity index (χ0n) is 8.66. The van der Waals surface area contributed by atoms with Crippen molar-refractivity contribution in [3.63, 3.8) is 0 Å². The minimum Gasteiger partial charge on any atom is -0.393 e. The van der Waals surface area contributed by atoms with E-state index in [0.717, 1.165) is 31.6 Å². The fourth-order valence-electron chi connectivity index (χ4n) is 1.33. The van der Waals surface area contributed by atoms with Crippen molar-refractivity contribution < 1.29 is 5.11 Å². The number of aliphatic hydroxyl groups is 1. The van der Waals surface area contributed by atoms with Crippen LogP contribution in [0.3, 0.4) is 0 Å². The highest BCUT2D eigenvalue weighted by molar-refractivity contribution is 7.71. The number of nitrogens with one attached hydrogen (secondary N) is 1. The van der Waals surface area contributed by atoms with Crippen molar-refractivity contribution in [2.75, 3.05) is 0 Å². The highest BCUT2D eigenvalue weighted by atomic mass is 32.1. The molecule has 0 aliphatic rings. The molecule has 80 valence electrons. The second-order valence-electron chi connectivity index (χ2n) is 3.48. The molecule has 0 saturated carbocycles. The summed E-state index contributed by atoms with van der Waals surface area (Å²) in [4.78, 5) is 0. The molecule has 5 heteroatoms. The SMILES string of the molecule is CCCn1c(CCC(C)O)n[nH]c1=S. The summed E-state index contributed by atoms with van der Waals surface area (Å²) in [6, 6.07) is 0. The van der Waals surface area contributed by atoms with Crippen LogP contribution in [0.25, 0.3) is 0 Å². The Labute approximate surface area is 89.0 Å². The lowest BCUT2D eigenvalue weighted by Gasteiger charge is -2.05. The average Bonchev–Trinajstić information content (AvgIpc) is 2.46. The molecule has 14 heavy (non-hydrogen) atoms. The maximum absolute atomic E-state index is 9.17. The van der Waals surface area contributed by atoms with Gasteiger partial charge in [0.05, 0.1) is 6.10 Å². The topological polar surface area (TPSA) is 53.8 Å². The summed E-state index contributed by atoms with van der Waals surface area (Å²) in [6.07, 6.45) is 2.25. The monoisotopic (exact) mass is 215 g/mol. The van der Waals surface area contributed by atoms with Crippen LogP contribution >= 0.6 is 12.2 Å². The third-order valence-electron chi connectivity index (χ3n) is 2.07. The Morgan fingerprint density at radius 3 is 2.93 bits per heavy atom. The number of rotatable bonds is 5. The average molecular weight is 215 g/mol. The molecular formula is C9H17N3OS. The van der Waals surface area contributed by atoms with Gasteiger partial charge in [0, 0.05) is 13.0 Å². The van der Waals surface area contributed by atoms with Gasteiger partial charge in [-0.3, -0.25) is 5.10 Å². The molecule has 1 aromatic rings. The van der Waals surface area contributed by atoms with Crippen molar-refractivity contribution >= 4 is 12.2 Å². The van der Waals surface area contributed by atoms with Crippen LogP contribution in [0.15, 0.2) is 0 Å². The van der Waals surface area contributed by atoms with E-state index in [9.17, 15) is 0 Å². The van der Waals surface area contributed by atoms with Gasteiger partial charge in [0.25, 0.3) is 0 Å². The number of H-pyrrole nitrogens is 1. The van der Waals surface area contributed by atoms with Gasteiger partial charge in [0.1, 0.15) is 5.82 Å². The quantitative estimate of drug-likeness (QED) is 0.735. The normalized spacial score (nSPS) is 13.1.